The first-order valence-corrected chi connectivity index (χ1v) is 9.89. The quantitative estimate of drug-likeness (QED) is 0.337. The molecule has 0 N–H and O–H groups in total. The van der Waals surface area contributed by atoms with Crippen molar-refractivity contribution in [2.75, 3.05) is 0 Å². The molecule has 0 amide bonds. The Labute approximate surface area is 181 Å². The van der Waals surface area contributed by atoms with E-state index in [1.54, 1.807) is 27.8 Å². The van der Waals surface area contributed by atoms with E-state index in [4.69, 9.17) is 27.9 Å². The van der Waals surface area contributed by atoms with Crippen LogP contribution in [0.3, 0.4) is 0 Å². The Bertz CT molecular complexity index is 999. The number of aryl methyl sites for hydroxylation is 1. The molecular weight excluding hydrogens is 409 g/mol. The van der Waals surface area contributed by atoms with Gasteiger partial charge in [-0.25, -0.2) is 0 Å². The number of allylic oxidation sites excluding steroid dienone is 1. The van der Waals surface area contributed by atoms with Gasteiger partial charge in [0.2, 0.25) is 0 Å². The zero-order valence-electron chi connectivity index (χ0n) is 17.7. The topological polar surface area (TPSA) is 67.9 Å². The lowest BCUT2D eigenvalue weighted by molar-refractivity contribution is -0.145. The number of nitriles is 1. The number of aromatic nitrogens is 2. The van der Waals surface area contributed by atoms with Crippen LogP contribution in [0, 0.1) is 16.7 Å². The summed E-state index contributed by atoms with van der Waals surface area (Å²) in [5.74, 6) is -0.512. The molecule has 0 aliphatic rings. The third-order valence-corrected chi connectivity index (χ3v) is 5.05. The number of carbonyl (C=O) groups excluding carboxylic acids is 1. The van der Waals surface area contributed by atoms with Crippen LogP contribution in [0.1, 0.15) is 58.2 Å². The molecule has 0 saturated carbocycles. The number of rotatable bonds is 3. The summed E-state index contributed by atoms with van der Waals surface area (Å²) in [6.45, 7) is 11.5. The highest BCUT2D eigenvalue weighted by atomic mass is 35.5. The number of esters is 1. The van der Waals surface area contributed by atoms with Crippen molar-refractivity contribution in [3.63, 3.8) is 0 Å². The summed E-state index contributed by atoms with van der Waals surface area (Å²) >= 11 is 12.6. The fraction of sp³-hybridized carbons (Fsp3) is 0.409. The molecule has 2 aromatic rings. The first-order chi connectivity index (χ1) is 13.3. The highest BCUT2D eigenvalue weighted by Gasteiger charge is 2.30. The van der Waals surface area contributed by atoms with Crippen LogP contribution in [0.25, 0.3) is 11.3 Å². The van der Waals surface area contributed by atoms with Gasteiger partial charge in [0, 0.05) is 7.05 Å². The molecule has 0 unspecified atom stereocenters. The predicted octanol–water partition coefficient (Wildman–Crippen LogP) is 6.01. The van der Waals surface area contributed by atoms with Crippen LogP contribution in [-0.2, 0) is 22.0 Å². The van der Waals surface area contributed by atoms with E-state index in [2.05, 4.69) is 31.9 Å². The van der Waals surface area contributed by atoms with Crippen LogP contribution in [0.5, 0.6) is 0 Å². The summed E-state index contributed by atoms with van der Waals surface area (Å²) in [6.07, 6.45) is 0. The third kappa shape index (κ3) is 5.01. The molecule has 154 valence electrons. The van der Waals surface area contributed by atoms with Gasteiger partial charge >= 0.3 is 5.97 Å². The fourth-order valence-corrected chi connectivity index (χ4v) is 3.07. The minimum Gasteiger partial charge on any atom is -0.424 e. The SMILES string of the molecule is Cn1nc(Cl)c(C(OC(=O)C(C)(C)C)=C(C#N)c2ccc(C(C)(C)C)cc2)c1Cl. The molecule has 0 aliphatic heterocycles. The number of hydrogen-bond acceptors (Lipinski definition) is 4. The summed E-state index contributed by atoms with van der Waals surface area (Å²) in [4.78, 5) is 12.6. The van der Waals surface area contributed by atoms with Crippen molar-refractivity contribution in [3.05, 3.63) is 51.3 Å². The summed E-state index contributed by atoms with van der Waals surface area (Å²) < 4.78 is 7.04. The molecule has 0 spiro atoms. The van der Waals surface area contributed by atoms with Crippen LogP contribution in [0.2, 0.25) is 10.3 Å². The van der Waals surface area contributed by atoms with E-state index in [1.165, 1.54) is 4.68 Å². The minimum atomic E-state index is -0.789. The first kappa shape index (κ1) is 23.0. The molecule has 1 aromatic carbocycles. The smallest absolute Gasteiger partial charge is 0.316 e. The normalized spacial score (nSPS) is 13.0. The Morgan fingerprint density at radius 3 is 2.03 bits per heavy atom. The predicted molar refractivity (Wildman–Crippen MR) is 116 cm³/mol. The highest BCUT2D eigenvalue weighted by Crippen LogP contribution is 2.37. The number of benzene rings is 1. The van der Waals surface area contributed by atoms with E-state index in [0.717, 1.165) is 5.56 Å². The summed E-state index contributed by atoms with van der Waals surface area (Å²) in [5, 5.41) is 14.2. The van der Waals surface area contributed by atoms with Crippen LogP contribution >= 0.6 is 23.2 Å². The van der Waals surface area contributed by atoms with Gasteiger partial charge in [0.15, 0.2) is 10.9 Å². The summed E-state index contributed by atoms with van der Waals surface area (Å²) in [5.41, 5.74) is 1.25. The molecule has 29 heavy (non-hydrogen) atoms. The maximum Gasteiger partial charge on any atom is 0.316 e. The number of halogens is 2. The van der Waals surface area contributed by atoms with E-state index in [-0.39, 0.29) is 32.6 Å². The summed E-state index contributed by atoms with van der Waals surface area (Å²) in [6, 6.07) is 9.68. The van der Waals surface area contributed by atoms with Crippen molar-refractivity contribution in [1.82, 2.24) is 9.78 Å². The molecule has 0 saturated heterocycles. The Balaban J connectivity index is 2.73. The molecule has 2 rings (SSSR count). The number of carbonyl (C=O) groups is 1. The molecule has 0 bridgehead atoms. The van der Waals surface area contributed by atoms with Crippen LogP contribution < -0.4 is 0 Å². The Hall–Kier alpha value is -2.29. The average molecular weight is 434 g/mol. The largest absolute Gasteiger partial charge is 0.424 e. The lowest BCUT2D eigenvalue weighted by Gasteiger charge is -2.20. The lowest BCUT2D eigenvalue weighted by Crippen LogP contribution is -2.22. The van der Waals surface area contributed by atoms with Gasteiger partial charge in [-0.2, -0.15) is 10.4 Å². The van der Waals surface area contributed by atoms with Gasteiger partial charge in [0.25, 0.3) is 0 Å². The monoisotopic (exact) mass is 433 g/mol. The maximum atomic E-state index is 12.6. The molecule has 0 fully saturated rings. The second kappa shape index (κ2) is 8.22. The van der Waals surface area contributed by atoms with Gasteiger partial charge in [0.1, 0.15) is 16.8 Å². The zero-order chi connectivity index (χ0) is 22.1. The number of nitrogens with zero attached hydrogens (tertiary/aromatic N) is 3. The van der Waals surface area contributed by atoms with E-state index in [1.807, 2.05) is 24.3 Å². The van der Waals surface area contributed by atoms with Crippen molar-refractivity contribution in [2.45, 2.75) is 47.0 Å². The van der Waals surface area contributed by atoms with Gasteiger partial charge in [-0.1, -0.05) is 68.2 Å². The molecule has 0 atom stereocenters. The van der Waals surface area contributed by atoms with Crippen molar-refractivity contribution in [2.24, 2.45) is 12.5 Å². The molecule has 0 aliphatic carbocycles. The Morgan fingerprint density at radius 2 is 1.66 bits per heavy atom. The number of hydrogen-bond donors (Lipinski definition) is 0. The van der Waals surface area contributed by atoms with Crippen molar-refractivity contribution >= 4 is 40.5 Å². The van der Waals surface area contributed by atoms with E-state index in [0.29, 0.717) is 5.56 Å². The Kier molecular flexibility index (Phi) is 6.51. The van der Waals surface area contributed by atoms with Gasteiger partial charge in [-0.05, 0) is 37.3 Å². The molecule has 5 nitrogen and oxygen atoms in total. The second-order valence-electron chi connectivity index (χ2n) is 8.86. The van der Waals surface area contributed by atoms with Crippen LogP contribution in [0.4, 0.5) is 0 Å². The van der Waals surface area contributed by atoms with Gasteiger partial charge in [0.05, 0.1) is 11.0 Å². The van der Waals surface area contributed by atoms with Gasteiger partial charge in [-0.15, -0.1) is 0 Å². The first-order valence-electron chi connectivity index (χ1n) is 9.13. The second-order valence-corrected chi connectivity index (χ2v) is 9.58. The molecule has 1 aromatic heterocycles. The van der Waals surface area contributed by atoms with Gasteiger partial charge in [-0.3, -0.25) is 9.48 Å². The average Bonchev–Trinajstić information content (AvgIpc) is 2.85. The fourth-order valence-electron chi connectivity index (χ4n) is 2.52. The van der Waals surface area contributed by atoms with Crippen LogP contribution in [0.15, 0.2) is 24.3 Å². The Morgan fingerprint density at radius 1 is 1.10 bits per heavy atom. The van der Waals surface area contributed by atoms with Crippen LogP contribution in [-0.4, -0.2) is 15.7 Å². The molecule has 0 radical (unpaired) electrons. The lowest BCUT2D eigenvalue weighted by atomic mass is 9.86. The van der Waals surface area contributed by atoms with E-state index < -0.39 is 11.4 Å². The maximum absolute atomic E-state index is 12.6. The molecule has 7 heteroatoms. The van der Waals surface area contributed by atoms with E-state index >= 15 is 0 Å². The van der Waals surface area contributed by atoms with Crippen molar-refractivity contribution < 1.29 is 9.53 Å². The van der Waals surface area contributed by atoms with Crippen molar-refractivity contribution in [1.29, 1.82) is 5.26 Å². The highest BCUT2D eigenvalue weighted by molar-refractivity contribution is 6.37. The third-order valence-electron chi connectivity index (χ3n) is 4.35. The van der Waals surface area contributed by atoms with E-state index in [9.17, 15) is 10.1 Å². The van der Waals surface area contributed by atoms with Crippen molar-refractivity contribution in [3.8, 4) is 6.07 Å². The zero-order valence-corrected chi connectivity index (χ0v) is 19.2. The molecular formula is C22H25Cl2N3O2. The molecule has 1 heterocycles. The standard InChI is InChI=1S/C22H25Cl2N3O2/c1-21(2,3)14-10-8-13(9-11-14)15(12-25)17(29-20(28)22(4,5)6)16-18(23)26-27(7)19(16)24/h8-11H,1-7H3. The van der Waals surface area contributed by atoms with Gasteiger partial charge < -0.3 is 4.74 Å². The minimum absolute atomic E-state index is 0.000895. The number of ether oxygens (including phenoxy) is 1. The summed E-state index contributed by atoms with van der Waals surface area (Å²) in [7, 11) is 1.62.